The van der Waals surface area contributed by atoms with Gasteiger partial charge in [0.15, 0.2) is 0 Å². The smallest absolute Gasteiger partial charge is 0.166 e. The Morgan fingerprint density at radius 1 is 1.45 bits per heavy atom. The summed E-state index contributed by atoms with van der Waals surface area (Å²) in [6, 6.07) is 0. The van der Waals surface area contributed by atoms with Crippen LogP contribution < -0.4 is 0 Å². The SMILES string of the molecule is FC(F)(F)C1=CCC=CC1Cl. The van der Waals surface area contributed by atoms with Gasteiger partial charge in [-0.05, 0) is 6.42 Å². The molecule has 0 aliphatic heterocycles. The maximum atomic E-state index is 12.0. The van der Waals surface area contributed by atoms with Crippen LogP contribution in [0.1, 0.15) is 6.42 Å². The molecule has 0 saturated heterocycles. The molecule has 0 aromatic heterocycles. The van der Waals surface area contributed by atoms with Gasteiger partial charge < -0.3 is 0 Å². The lowest BCUT2D eigenvalue weighted by Crippen LogP contribution is -2.20. The van der Waals surface area contributed by atoms with Crippen molar-refractivity contribution in [1.29, 1.82) is 0 Å². The molecule has 0 heterocycles. The number of halogens is 4. The van der Waals surface area contributed by atoms with Gasteiger partial charge in [0.25, 0.3) is 0 Å². The van der Waals surface area contributed by atoms with Crippen molar-refractivity contribution in [2.45, 2.75) is 18.0 Å². The first-order valence-electron chi connectivity index (χ1n) is 3.10. The van der Waals surface area contributed by atoms with Crippen molar-refractivity contribution >= 4 is 11.6 Å². The molecule has 1 rings (SSSR count). The van der Waals surface area contributed by atoms with Gasteiger partial charge in [0.1, 0.15) is 0 Å². The Morgan fingerprint density at radius 2 is 2.09 bits per heavy atom. The third-order valence-corrected chi connectivity index (χ3v) is 1.78. The van der Waals surface area contributed by atoms with Crippen LogP contribution >= 0.6 is 11.6 Å². The van der Waals surface area contributed by atoms with E-state index in [1.165, 1.54) is 6.08 Å². The molecule has 1 atom stereocenters. The average molecular weight is 183 g/mol. The van der Waals surface area contributed by atoms with E-state index in [0.717, 1.165) is 6.08 Å². The van der Waals surface area contributed by atoms with Gasteiger partial charge in [-0.15, -0.1) is 11.6 Å². The van der Waals surface area contributed by atoms with E-state index < -0.39 is 17.1 Å². The van der Waals surface area contributed by atoms with Gasteiger partial charge in [0, 0.05) is 0 Å². The molecule has 0 N–H and O–H groups in total. The molecule has 11 heavy (non-hydrogen) atoms. The van der Waals surface area contributed by atoms with Crippen LogP contribution in [0.4, 0.5) is 13.2 Å². The molecule has 0 amide bonds. The average Bonchev–Trinajstić information content (AvgIpc) is 1.86. The zero-order valence-corrected chi connectivity index (χ0v) is 6.28. The van der Waals surface area contributed by atoms with Gasteiger partial charge in [-0.25, -0.2) is 0 Å². The van der Waals surface area contributed by atoms with Crippen molar-refractivity contribution in [3.8, 4) is 0 Å². The largest absolute Gasteiger partial charge is 0.414 e. The van der Waals surface area contributed by atoms with Crippen molar-refractivity contribution < 1.29 is 13.2 Å². The molecular weight excluding hydrogens is 177 g/mol. The Balaban J connectivity index is 2.80. The first kappa shape index (κ1) is 8.65. The van der Waals surface area contributed by atoms with Crippen molar-refractivity contribution in [1.82, 2.24) is 0 Å². The van der Waals surface area contributed by atoms with Crippen LogP contribution in [0, 0.1) is 0 Å². The molecule has 1 aliphatic carbocycles. The van der Waals surface area contributed by atoms with Crippen LogP contribution in [0.15, 0.2) is 23.8 Å². The summed E-state index contributed by atoms with van der Waals surface area (Å²) in [4.78, 5) is 0. The number of hydrogen-bond donors (Lipinski definition) is 0. The second kappa shape index (κ2) is 2.89. The molecular formula is C7H6ClF3. The fourth-order valence-electron chi connectivity index (χ4n) is 0.881. The molecule has 0 bridgehead atoms. The summed E-state index contributed by atoms with van der Waals surface area (Å²) >= 11 is 5.39. The summed E-state index contributed by atoms with van der Waals surface area (Å²) in [7, 11) is 0. The predicted molar refractivity (Wildman–Crippen MR) is 37.5 cm³/mol. The molecule has 1 aliphatic rings. The highest BCUT2D eigenvalue weighted by atomic mass is 35.5. The molecule has 0 radical (unpaired) electrons. The Hall–Kier alpha value is -0.440. The van der Waals surface area contributed by atoms with Gasteiger partial charge >= 0.3 is 6.18 Å². The summed E-state index contributed by atoms with van der Waals surface area (Å²) < 4.78 is 36.0. The van der Waals surface area contributed by atoms with Crippen LogP contribution in [0.3, 0.4) is 0 Å². The van der Waals surface area contributed by atoms with Crippen LogP contribution in [0.25, 0.3) is 0 Å². The molecule has 4 heteroatoms. The number of rotatable bonds is 0. The fraction of sp³-hybridized carbons (Fsp3) is 0.429. The summed E-state index contributed by atoms with van der Waals surface area (Å²) in [5.74, 6) is 0. The topological polar surface area (TPSA) is 0 Å². The van der Waals surface area contributed by atoms with E-state index in [1.807, 2.05) is 0 Å². The first-order chi connectivity index (χ1) is 5.02. The van der Waals surface area contributed by atoms with Gasteiger partial charge in [-0.2, -0.15) is 13.2 Å². The highest BCUT2D eigenvalue weighted by Gasteiger charge is 2.37. The molecule has 0 fully saturated rings. The van der Waals surface area contributed by atoms with E-state index in [0.29, 0.717) is 6.42 Å². The Bertz CT molecular complexity index is 202. The van der Waals surface area contributed by atoms with Gasteiger partial charge in [0.05, 0.1) is 11.0 Å². The molecule has 0 aromatic rings. The van der Waals surface area contributed by atoms with Gasteiger partial charge in [0.2, 0.25) is 0 Å². The highest BCUT2D eigenvalue weighted by Crippen LogP contribution is 2.33. The number of allylic oxidation sites excluding steroid dienone is 4. The van der Waals surface area contributed by atoms with Crippen molar-refractivity contribution in [3.63, 3.8) is 0 Å². The van der Waals surface area contributed by atoms with Crippen LogP contribution in [-0.4, -0.2) is 11.6 Å². The van der Waals surface area contributed by atoms with Gasteiger partial charge in [-0.3, -0.25) is 0 Å². The quantitative estimate of drug-likeness (QED) is 0.399. The number of hydrogen-bond acceptors (Lipinski definition) is 0. The normalized spacial score (nSPS) is 25.1. The summed E-state index contributed by atoms with van der Waals surface area (Å²) in [5.41, 5.74) is -0.651. The van der Waals surface area contributed by atoms with Gasteiger partial charge in [-0.1, -0.05) is 18.2 Å². The monoisotopic (exact) mass is 182 g/mol. The van der Waals surface area contributed by atoms with E-state index in [9.17, 15) is 13.2 Å². The van der Waals surface area contributed by atoms with Crippen molar-refractivity contribution in [2.75, 3.05) is 0 Å². The lowest BCUT2D eigenvalue weighted by atomic mass is 10.1. The maximum Gasteiger partial charge on any atom is 0.414 e. The summed E-state index contributed by atoms with van der Waals surface area (Å²) in [5, 5.41) is -1.01. The molecule has 0 saturated carbocycles. The minimum atomic E-state index is -4.28. The molecule has 62 valence electrons. The van der Waals surface area contributed by atoms with E-state index in [4.69, 9.17) is 11.6 Å². The Morgan fingerprint density at radius 3 is 2.45 bits per heavy atom. The van der Waals surface area contributed by atoms with E-state index >= 15 is 0 Å². The van der Waals surface area contributed by atoms with E-state index in [2.05, 4.69) is 0 Å². The summed E-state index contributed by atoms with van der Waals surface area (Å²) in [6.45, 7) is 0. The molecule has 1 unspecified atom stereocenters. The molecule has 0 spiro atoms. The second-order valence-electron chi connectivity index (χ2n) is 2.22. The minimum Gasteiger partial charge on any atom is -0.166 e. The predicted octanol–water partition coefficient (Wildman–Crippen LogP) is 3.04. The Kier molecular flexibility index (Phi) is 2.28. The lowest BCUT2D eigenvalue weighted by molar-refractivity contribution is -0.0928. The van der Waals surface area contributed by atoms with E-state index in [-0.39, 0.29) is 0 Å². The van der Waals surface area contributed by atoms with Crippen molar-refractivity contribution in [2.24, 2.45) is 0 Å². The first-order valence-corrected chi connectivity index (χ1v) is 3.53. The third kappa shape index (κ3) is 1.99. The summed E-state index contributed by atoms with van der Waals surface area (Å²) in [6.07, 6.45) is 0.115. The highest BCUT2D eigenvalue weighted by molar-refractivity contribution is 6.23. The second-order valence-corrected chi connectivity index (χ2v) is 2.69. The van der Waals surface area contributed by atoms with Crippen LogP contribution in [0.2, 0.25) is 0 Å². The maximum absolute atomic E-state index is 12.0. The van der Waals surface area contributed by atoms with Crippen LogP contribution in [0.5, 0.6) is 0 Å². The zero-order chi connectivity index (χ0) is 8.48. The molecule has 0 nitrogen and oxygen atoms in total. The zero-order valence-electron chi connectivity index (χ0n) is 5.53. The minimum absolute atomic E-state index is 0.318. The van der Waals surface area contributed by atoms with Crippen molar-refractivity contribution in [3.05, 3.63) is 23.8 Å². The Labute approximate surface area is 67.3 Å². The fourth-order valence-corrected chi connectivity index (χ4v) is 1.20. The lowest BCUT2D eigenvalue weighted by Gasteiger charge is -2.16. The molecule has 0 aromatic carbocycles. The van der Waals surface area contributed by atoms with Crippen LogP contribution in [-0.2, 0) is 0 Å². The van der Waals surface area contributed by atoms with E-state index in [1.54, 1.807) is 6.08 Å². The third-order valence-electron chi connectivity index (χ3n) is 1.40. The standard InChI is InChI=1S/C7H6ClF3/c8-6-4-2-1-3-5(6)7(9,10)11/h2-4,6H,1H2. The number of alkyl halides is 4.